The van der Waals surface area contributed by atoms with E-state index in [2.05, 4.69) is 21.2 Å². The van der Waals surface area contributed by atoms with Crippen molar-refractivity contribution in [3.05, 3.63) is 60.2 Å². The first-order chi connectivity index (χ1) is 12.7. The van der Waals surface area contributed by atoms with E-state index in [4.69, 9.17) is 4.42 Å². The van der Waals surface area contributed by atoms with Crippen LogP contribution < -0.4 is 4.90 Å². The molecule has 6 heteroatoms. The van der Waals surface area contributed by atoms with Gasteiger partial charge in [-0.2, -0.15) is 5.10 Å². The fraction of sp³-hybridized carbons (Fsp3) is 0.250. The van der Waals surface area contributed by atoms with E-state index < -0.39 is 0 Å². The van der Waals surface area contributed by atoms with Gasteiger partial charge in [-0.3, -0.25) is 4.79 Å². The number of amides is 1. The van der Waals surface area contributed by atoms with Gasteiger partial charge in [0.05, 0.1) is 6.20 Å². The molecule has 1 aliphatic heterocycles. The average Bonchev–Trinajstić information content (AvgIpc) is 3.11. The Balaban J connectivity index is 1.42. The van der Waals surface area contributed by atoms with Crippen LogP contribution in [0.3, 0.4) is 0 Å². The van der Waals surface area contributed by atoms with Gasteiger partial charge in [-0.25, -0.2) is 0 Å². The van der Waals surface area contributed by atoms with Gasteiger partial charge in [0.25, 0.3) is 0 Å². The quantitative estimate of drug-likeness (QED) is 0.681. The molecule has 1 amide bonds. The number of hydrogen-bond acceptors (Lipinski definition) is 5. The number of anilines is 1. The van der Waals surface area contributed by atoms with Crippen LogP contribution in [-0.2, 0) is 4.79 Å². The van der Waals surface area contributed by atoms with Crippen molar-refractivity contribution in [3.8, 4) is 0 Å². The highest BCUT2D eigenvalue weighted by Crippen LogP contribution is 2.24. The van der Waals surface area contributed by atoms with Crippen LogP contribution in [-0.4, -0.2) is 47.2 Å². The van der Waals surface area contributed by atoms with Gasteiger partial charge >= 0.3 is 0 Å². The predicted molar refractivity (Wildman–Crippen MR) is 101 cm³/mol. The van der Waals surface area contributed by atoms with Gasteiger partial charge in [0.1, 0.15) is 11.5 Å². The maximum absolute atomic E-state index is 12.4. The van der Waals surface area contributed by atoms with E-state index in [0.717, 1.165) is 35.4 Å². The Labute approximate surface area is 151 Å². The maximum Gasteiger partial charge on any atom is 0.246 e. The van der Waals surface area contributed by atoms with Crippen molar-refractivity contribution in [2.24, 2.45) is 0 Å². The van der Waals surface area contributed by atoms with E-state index in [1.165, 1.54) is 0 Å². The molecule has 0 aliphatic carbocycles. The summed E-state index contributed by atoms with van der Waals surface area (Å²) in [5.41, 5.74) is 0. The average molecular weight is 348 g/mol. The van der Waals surface area contributed by atoms with E-state index in [1.807, 2.05) is 42.2 Å². The van der Waals surface area contributed by atoms with Crippen LogP contribution in [0.15, 0.2) is 53.1 Å². The zero-order valence-electron chi connectivity index (χ0n) is 14.6. The number of hydrogen-bond donors (Lipinski definition) is 0. The lowest BCUT2D eigenvalue weighted by Gasteiger charge is -2.35. The summed E-state index contributed by atoms with van der Waals surface area (Å²) in [6.45, 7) is 4.68. The molecule has 0 radical (unpaired) electrons. The first-order valence-corrected chi connectivity index (χ1v) is 8.69. The van der Waals surface area contributed by atoms with Gasteiger partial charge in [-0.1, -0.05) is 24.3 Å². The Morgan fingerprint density at radius 1 is 1.12 bits per heavy atom. The Bertz CT molecular complexity index is 950. The molecule has 0 atom stereocenters. The Morgan fingerprint density at radius 3 is 2.69 bits per heavy atom. The lowest BCUT2D eigenvalue weighted by molar-refractivity contribution is -0.126. The number of benzene rings is 1. The van der Waals surface area contributed by atoms with Crippen molar-refractivity contribution in [2.75, 3.05) is 31.1 Å². The summed E-state index contributed by atoms with van der Waals surface area (Å²) in [6.07, 6.45) is 5.07. The van der Waals surface area contributed by atoms with Crippen LogP contribution >= 0.6 is 0 Å². The van der Waals surface area contributed by atoms with Gasteiger partial charge in [-0.15, -0.1) is 5.10 Å². The van der Waals surface area contributed by atoms with Gasteiger partial charge in [0.15, 0.2) is 5.82 Å². The molecule has 1 fully saturated rings. The van der Waals surface area contributed by atoms with E-state index in [9.17, 15) is 4.79 Å². The minimum Gasteiger partial charge on any atom is -0.462 e. The third-order valence-corrected chi connectivity index (χ3v) is 4.59. The van der Waals surface area contributed by atoms with Crippen LogP contribution in [0, 0.1) is 6.92 Å². The lowest BCUT2D eigenvalue weighted by Crippen LogP contribution is -2.48. The summed E-state index contributed by atoms with van der Waals surface area (Å²) in [5.74, 6) is 2.42. The highest BCUT2D eigenvalue weighted by Gasteiger charge is 2.22. The molecule has 1 saturated heterocycles. The molecule has 2 aromatic heterocycles. The number of aryl methyl sites for hydroxylation is 1. The number of rotatable bonds is 3. The zero-order valence-corrected chi connectivity index (χ0v) is 14.6. The topological polar surface area (TPSA) is 62.5 Å². The Morgan fingerprint density at radius 2 is 1.92 bits per heavy atom. The zero-order chi connectivity index (χ0) is 17.9. The van der Waals surface area contributed by atoms with Crippen LogP contribution in [0.4, 0.5) is 5.82 Å². The predicted octanol–water partition coefficient (Wildman–Crippen LogP) is 2.89. The SMILES string of the molecule is Cc1ccc(/C=C/C(=O)N2CCN(c3nncc4ccccc34)CC2)o1. The van der Waals surface area contributed by atoms with E-state index >= 15 is 0 Å². The number of furan rings is 1. The van der Waals surface area contributed by atoms with Gasteiger partial charge in [0.2, 0.25) is 5.91 Å². The summed E-state index contributed by atoms with van der Waals surface area (Å²) in [5, 5.41) is 10.6. The number of aromatic nitrogens is 2. The highest BCUT2D eigenvalue weighted by molar-refractivity contribution is 5.93. The Kier molecular flexibility index (Phi) is 4.39. The monoisotopic (exact) mass is 348 g/mol. The van der Waals surface area contributed by atoms with Crippen molar-refractivity contribution >= 4 is 28.6 Å². The standard InChI is InChI=1S/C20H20N4O2/c1-15-6-7-17(26-15)8-9-19(25)23-10-12-24(13-11-23)20-18-5-3-2-4-16(18)14-21-22-20/h2-9,14H,10-13H2,1H3/b9-8+. The smallest absolute Gasteiger partial charge is 0.246 e. The summed E-state index contributed by atoms with van der Waals surface area (Å²) < 4.78 is 5.46. The second-order valence-corrected chi connectivity index (χ2v) is 6.35. The summed E-state index contributed by atoms with van der Waals surface area (Å²) in [7, 11) is 0. The van der Waals surface area contributed by atoms with Crippen molar-refractivity contribution in [1.29, 1.82) is 0 Å². The fourth-order valence-electron chi connectivity index (χ4n) is 3.19. The molecule has 0 N–H and O–H groups in total. The van der Waals surface area contributed by atoms with Gasteiger partial charge < -0.3 is 14.2 Å². The van der Waals surface area contributed by atoms with E-state index in [1.54, 1.807) is 18.3 Å². The second-order valence-electron chi connectivity index (χ2n) is 6.35. The molecule has 3 heterocycles. The van der Waals surface area contributed by atoms with Gasteiger partial charge in [0, 0.05) is 43.0 Å². The molecule has 6 nitrogen and oxygen atoms in total. The van der Waals surface area contributed by atoms with Crippen LogP contribution in [0.1, 0.15) is 11.5 Å². The summed E-state index contributed by atoms with van der Waals surface area (Å²) in [4.78, 5) is 16.4. The molecule has 26 heavy (non-hydrogen) atoms. The summed E-state index contributed by atoms with van der Waals surface area (Å²) in [6, 6.07) is 11.8. The van der Waals surface area contributed by atoms with Crippen LogP contribution in [0.2, 0.25) is 0 Å². The normalized spacial score (nSPS) is 15.1. The van der Waals surface area contributed by atoms with Gasteiger partial charge in [-0.05, 0) is 25.1 Å². The highest BCUT2D eigenvalue weighted by atomic mass is 16.3. The second kappa shape index (κ2) is 7.00. The maximum atomic E-state index is 12.4. The number of fused-ring (bicyclic) bond motifs is 1. The molecule has 0 unspecified atom stereocenters. The van der Waals surface area contributed by atoms with Crippen molar-refractivity contribution < 1.29 is 9.21 Å². The molecule has 0 bridgehead atoms. The molecule has 1 aliphatic rings. The summed E-state index contributed by atoms with van der Waals surface area (Å²) >= 11 is 0. The van der Waals surface area contributed by atoms with E-state index in [0.29, 0.717) is 18.8 Å². The first-order valence-electron chi connectivity index (χ1n) is 8.69. The molecular formula is C20H20N4O2. The van der Waals surface area contributed by atoms with Crippen molar-refractivity contribution in [2.45, 2.75) is 6.92 Å². The van der Waals surface area contributed by atoms with Crippen molar-refractivity contribution in [3.63, 3.8) is 0 Å². The molecule has 4 rings (SSSR count). The molecule has 0 spiro atoms. The minimum absolute atomic E-state index is 0.00251. The van der Waals surface area contributed by atoms with E-state index in [-0.39, 0.29) is 5.91 Å². The third kappa shape index (κ3) is 3.31. The van der Waals surface area contributed by atoms with Crippen LogP contribution in [0.25, 0.3) is 16.8 Å². The van der Waals surface area contributed by atoms with Crippen molar-refractivity contribution in [1.82, 2.24) is 15.1 Å². The number of nitrogens with zero attached hydrogens (tertiary/aromatic N) is 4. The fourth-order valence-corrected chi connectivity index (χ4v) is 3.19. The van der Waals surface area contributed by atoms with Crippen LogP contribution in [0.5, 0.6) is 0 Å². The minimum atomic E-state index is 0.00251. The number of carbonyl (C=O) groups excluding carboxylic acids is 1. The molecule has 132 valence electrons. The lowest BCUT2D eigenvalue weighted by atomic mass is 10.1. The molecule has 3 aromatic rings. The largest absolute Gasteiger partial charge is 0.462 e. The molecular weight excluding hydrogens is 328 g/mol. The molecule has 1 aromatic carbocycles. The number of piperazine rings is 1. The first kappa shape index (κ1) is 16.3. The Hall–Kier alpha value is -3.15. The molecule has 0 saturated carbocycles. The third-order valence-electron chi connectivity index (χ3n) is 4.59. The number of carbonyl (C=O) groups is 1.